The summed E-state index contributed by atoms with van der Waals surface area (Å²) in [5.74, 6) is 0.845. The third-order valence-corrected chi connectivity index (χ3v) is 7.13. The van der Waals surface area contributed by atoms with Crippen molar-refractivity contribution in [1.82, 2.24) is 14.4 Å². The summed E-state index contributed by atoms with van der Waals surface area (Å²) in [5, 5.41) is 1.03. The molecule has 7 heteroatoms. The van der Waals surface area contributed by atoms with Crippen molar-refractivity contribution in [1.29, 1.82) is 0 Å². The van der Waals surface area contributed by atoms with Crippen molar-refractivity contribution < 1.29 is 0 Å². The van der Waals surface area contributed by atoms with Gasteiger partial charge in [0.05, 0.1) is 15.6 Å². The van der Waals surface area contributed by atoms with Crippen LogP contribution in [0.5, 0.6) is 0 Å². The molecular formula is C25H16N4OS2. The average Bonchev–Trinajstić information content (AvgIpc) is 3.51. The van der Waals surface area contributed by atoms with Crippen LogP contribution in [0.1, 0.15) is 4.88 Å². The number of pyridine rings is 1. The van der Waals surface area contributed by atoms with Crippen LogP contribution in [0.15, 0.2) is 95.9 Å². The van der Waals surface area contributed by atoms with Crippen LogP contribution in [0, 0.1) is 0 Å². The van der Waals surface area contributed by atoms with E-state index in [1.165, 1.54) is 11.3 Å². The van der Waals surface area contributed by atoms with Gasteiger partial charge in [-0.2, -0.15) is 0 Å². The first-order valence-corrected chi connectivity index (χ1v) is 11.7. The lowest BCUT2D eigenvalue weighted by molar-refractivity contribution is 1.19. The first-order valence-electron chi connectivity index (χ1n) is 10.1. The second-order valence-electron chi connectivity index (χ2n) is 7.17. The molecule has 0 aliphatic carbocycles. The standard InChI is InChI=1S/C25H16N4OS2/c30-24-21(32-25-27-19-10-4-5-11-20(19)29(24)25)16-18-13-14-23(31-18)28(17-8-2-1-3-9-17)22-12-6-7-15-26-22/h1-16H/b21-16+. The van der Waals surface area contributed by atoms with Gasteiger partial charge in [-0.1, -0.05) is 47.7 Å². The van der Waals surface area contributed by atoms with Gasteiger partial charge in [0.1, 0.15) is 10.8 Å². The average molecular weight is 453 g/mol. The molecule has 0 amide bonds. The Morgan fingerprint density at radius 1 is 0.844 bits per heavy atom. The number of nitrogens with zero attached hydrogens (tertiary/aromatic N) is 4. The predicted molar refractivity (Wildman–Crippen MR) is 132 cm³/mol. The first kappa shape index (κ1) is 18.9. The number of benzene rings is 2. The summed E-state index contributed by atoms with van der Waals surface area (Å²) in [4.78, 5) is 26.1. The Kier molecular flexibility index (Phi) is 4.56. The fourth-order valence-electron chi connectivity index (χ4n) is 3.72. The molecule has 154 valence electrons. The third-order valence-electron chi connectivity index (χ3n) is 5.14. The largest absolute Gasteiger partial charge is 0.286 e. The fourth-order valence-corrected chi connectivity index (χ4v) is 5.75. The van der Waals surface area contributed by atoms with E-state index in [9.17, 15) is 4.79 Å². The van der Waals surface area contributed by atoms with Crippen molar-refractivity contribution >= 4 is 61.3 Å². The Hall–Kier alpha value is -3.81. The minimum absolute atomic E-state index is 0.0294. The topological polar surface area (TPSA) is 50.5 Å². The van der Waals surface area contributed by atoms with Crippen LogP contribution in [0.2, 0.25) is 0 Å². The maximum atomic E-state index is 13.1. The van der Waals surface area contributed by atoms with E-state index in [2.05, 4.69) is 33.1 Å². The minimum atomic E-state index is -0.0294. The third kappa shape index (κ3) is 3.19. The highest BCUT2D eigenvalue weighted by molar-refractivity contribution is 7.17. The van der Waals surface area contributed by atoms with E-state index in [1.54, 1.807) is 21.9 Å². The molecule has 6 aromatic rings. The molecule has 0 aliphatic rings. The Labute approximate surface area is 191 Å². The van der Waals surface area contributed by atoms with Crippen molar-refractivity contribution in [2.75, 3.05) is 4.90 Å². The summed E-state index contributed by atoms with van der Waals surface area (Å²) in [6, 6.07) is 27.9. The maximum absolute atomic E-state index is 13.1. The van der Waals surface area contributed by atoms with Gasteiger partial charge in [0.2, 0.25) is 0 Å². The highest BCUT2D eigenvalue weighted by atomic mass is 32.1. The molecule has 4 aromatic heterocycles. The Bertz CT molecular complexity index is 1610. The first-order chi connectivity index (χ1) is 15.8. The zero-order valence-corrected chi connectivity index (χ0v) is 18.4. The van der Waals surface area contributed by atoms with Gasteiger partial charge in [-0.15, -0.1) is 11.3 Å². The Morgan fingerprint density at radius 3 is 2.50 bits per heavy atom. The van der Waals surface area contributed by atoms with Gasteiger partial charge in [-0.05, 0) is 54.6 Å². The van der Waals surface area contributed by atoms with Gasteiger partial charge in [-0.3, -0.25) is 9.69 Å². The van der Waals surface area contributed by atoms with Crippen LogP contribution in [0.4, 0.5) is 16.5 Å². The van der Waals surface area contributed by atoms with Crippen LogP contribution in [-0.4, -0.2) is 14.4 Å². The van der Waals surface area contributed by atoms with Crippen LogP contribution >= 0.6 is 22.7 Å². The second kappa shape index (κ2) is 7.71. The van der Waals surface area contributed by atoms with E-state index in [1.807, 2.05) is 72.8 Å². The van der Waals surface area contributed by atoms with Gasteiger partial charge in [0.15, 0.2) is 4.96 Å². The number of fused-ring (bicyclic) bond motifs is 3. The van der Waals surface area contributed by atoms with Gasteiger partial charge in [0.25, 0.3) is 5.56 Å². The number of anilines is 3. The summed E-state index contributed by atoms with van der Waals surface area (Å²) in [5.41, 5.74) is 2.69. The van der Waals surface area contributed by atoms with E-state index in [-0.39, 0.29) is 5.56 Å². The SMILES string of the molecule is O=c1/c(=C\c2ccc(N(c3ccccc3)c3ccccn3)s2)sc2nc3ccccc3n12. The molecule has 0 saturated carbocycles. The van der Waals surface area contributed by atoms with Crippen molar-refractivity contribution in [3.63, 3.8) is 0 Å². The minimum Gasteiger partial charge on any atom is -0.286 e. The van der Waals surface area contributed by atoms with E-state index in [4.69, 9.17) is 0 Å². The lowest BCUT2D eigenvalue weighted by Crippen LogP contribution is -2.22. The van der Waals surface area contributed by atoms with Crippen molar-refractivity contribution in [3.05, 3.63) is 111 Å². The molecule has 5 nitrogen and oxygen atoms in total. The second-order valence-corrected chi connectivity index (χ2v) is 9.27. The summed E-state index contributed by atoms with van der Waals surface area (Å²) < 4.78 is 2.38. The molecule has 6 rings (SSSR count). The number of hydrogen-bond donors (Lipinski definition) is 0. The van der Waals surface area contributed by atoms with E-state index in [0.29, 0.717) is 4.53 Å². The molecule has 0 bridgehead atoms. The molecule has 0 N–H and O–H groups in total. The zero-order chi connectivity index (χ0) is 21.5. The number of hydrogen-bond acceptors (Lipinski definition) is 6. The van der Waals surface area contributed by atoms with Crippen LogP contribution in [0.3, 0.4) is 0 Å². The van der Waals surface area contributed by atoms with Crippen molar-refractivity contribution in [2.45, 2.75) is 0 Å². The number of para-hydroxylation sites is 3. The highest BCUT2D eigenvalue weighted by Gasteiger charge is 2.15. The molecule has 0 spiro atoms. The molecule has 0 fully saturated rings. The smallest absolute Gasteiger partial charge is 0.274 e. The number of thiophene rings is 1. The monoisotopic (exact) mass is 452 g/mol. The number of thiazole rings is 1. The molecule has 0 unspecified atom stereocenters. The van der Waals surface area contributed by atoms with E-state index >= 15 is 0 Å². The number of rotatable bonds is 4. The summed E-state index contributed by atoms with van der Waals surface area (Å²) >= 11 is 3.04. The highest BCUT2D eigenvalue weighted by Crippen LogP contribution is 2.37. The molecule has 0 aliphatic heterocycles. The molecule has 2 aromatic carbocycles. The number of imidazole rings is 1. The Balaban J connectivity index is 1.45. The van der Waals surface area contributed by atoms with Crippen molar-refractivity contribution in [2.24, 2.45) is 0 Å². The lowest BCUT2D eigenvalue weighted by atomic mass is 10.3. The fraction of sp³-hybridized carbons (Fsp3) is 0. The van der Waals surface area contributed by atoms with E-state index < -0.39 is 0 Å². The quantitative estimate of drug-likeness (QED) is 0.360. The van der Waals surface area contributed by atoms with E-state index in [0.717, 1.165) is 37.4 Å². The van der Waals surface area contributed by atoms with Gasteiger partial charge < -0.3 is 0 Å². The molecule has 32 heavy (non-hydrogen) atoms. The Morgan fingerprint density at radius 2 is 1.66 bits per heavy atom. The van der Waals surface area contributed by atoms with Gasteiger partial charge >= 0.3 is 0 Å². The summed E-state index contributed by atoms with van der Waals surface area (Å²) in [6.07, 6.45) is 3.74. The zero-order valence-electron chi connectivity index (χ0n) is 16.8. The maximum Gasteiger partial charge on any atom is 0.274 e. The summed E-state index contributed by atoms with van der Waals surface area (Å²) in [7, 11) is 0. The molecular weight excluding hydrogens is 436 g/mol. The van der Waals surface area contributed by atoms with Crippen LogP contribution < -0.4 is 15.0 Å². The van der Waals surface area contributed by atoms with Crippen LogP contribution in [0.25, 0.3) is 22.1 Å². The van der Waals surface area contributed by atoms with Gasteiger partial charge in [0, 0.05) is 16.8 Å². The number of aromatic nitrogens is 3. The lowest BCUT2D eigenvalue weighted by Gasteiger charge is -2.22. The summed E-state index contributed by atoms with van der Waals surface area (Å²) in [6.45, 7) is 0. The van der Waals surface area contributed by atoms with Crippen molar-refractivity contribution in [3.8, 4) is 0 Å². The van der Waals surface area contributed by atoms with Crippen LogP contribution in [-0.2, 0) is 0 Å². The molecule has 4 heterocycles. The molecule has 0 atom stereocenters. The molecule has 0 saturated heterocycles. The normalized spacial score (nSPS) is 12.1. The van der Waals surface area contributed by atoms with Gasteiger partial charge in [-0.25, -0.2) is 14.4 Å². The predicted octanol–water partition coefficient (Wildman–Crippen LogP) is 5.38. The molecule has 0 radical (unpaired) electrons.